The Morgan fingerprint density at radius 3 is 2.07 bits per heavy atom. The van der Waals surface area contributed by atoms with E-state index >= 15 is 0 Å². The number of nitrogens with zero attached hydrogens (tertiary/aromatic N) is 1. The van der Waals surface area contributed by atoms with Crippen molar-refractivity contribution in [3.05, 3.63) is 34.4 Å². The minimum absolute atomic E-state index is 0.0193. The lowest BCUT2D eigenvalue weighted by molar-refractivity contribution is -0.139. The van der Waals surface area contributed by atoms with Gasteiger partial charge in [-0.2, -0.15) is 0 Å². The van der Waals surface area contributed by atoms with Gasteiger partial charge in [-0.1, -0.05) is 29.1 Å². The van der Waals surface area contributed by atoms with Crippen LogP contribution in [0.2, 0.25) is 0 Å². The van der Waals surface area contributed by atoms with Gasteiger partial charge >= 0.3 is 0 Å². The Bertz CT molecular complexity index is 875. The van der Waals surface area contributed by atoms with Crippen LogP contribution in [0.15, 0.2) is 12.1 Å². The fourth-order valence-electron chi connectivity index (χ4n) is 4.85. The summed E-state index contributed by atoms with van der Waals surface area (Å²) in [5.41, 5.74) is 3.23. The Kier molecular flexibility index (Phi) is 6.41. The number of benzene rings is 1. The number of aryl methyl sites for hydroxylation is 2. The zero-order chi connectivity index (χ0) is 21.3. The largest absolute Gasteiger partial charge is 0.340 e. The van der Waals surface area contributed by atoms with Crippen LogP contribution in [-0.4, -0.2) is 40.3 Å². The maximum absolute atomic E-state index is 13.1. The Morgan fingerprint density at radius 1 is 1.10 bits per heavy atom. The lowest BCUT2D eigenvalue weighted by Gasteiger charge is -2.45. The molecule has 1 aromatic carbocycles. The van der Waals surface area contributed by atoms with Crippen molar-refractivity contribution in [3.8, 4) is 11.8 Å². The fourth-order valence-corrected chi connectivity index (χ4v) is 5.12. The minimum atomic E-state index is -1.07. The lowest BCUT2D eigenvalue weighted by Crippen LogP contribution is -2.49. The number of hydrogen-bond donors (Lipinski definition) is 0. The number of alkyl halides is 2. The first-order valence-corrected chi connectivity index (χ1v) is 10.7. The highest BCUT2D eigenvalue weighted by Gasteiger charge is 2.48. The third-order valence-corrected chi connectivity index (χ3v) is 6.59. The second-order valence-corrected chi connectivity index (χ2v) is 9.34. The molecule has 0 N–H and O–H groups in total. The maximum atomic E-state index is 13.1. The van der Waals surface area contributed by atoms with E-state index in [1.807, 2.05) is 26.0 Å². The van der Waals surface area contributed by atoms with Gasteiger partial charge in [0.15, 0.2) is 4.84 Å². The Morgan fingerprint density at radius 2 is 1.62 bits per heavy atom. The summed E-state index contributed by atoms with van der Waals surface area (Å²) in [4.78, 5) is 38.8. The number of Topliss-reactive ketones (excluding diaryl/α,β-unsaturated/α-hetero) is 2. The molecule has 2 fully saturated rings. The Hall–Kier alpha value is -1.83. The number of carbonyl (C=O) groups excluding carboxylic acids is 3. The first kappa shape index (κ1) is 21.9. The molecule has 1 heterocycles. The number of halogens is 2. The van der Waals surface area contributed by atoms with E-state index in [-0.39, 0.29) is 22.9 Å². The molecule has 1 aliphatic carbocycles. The van der Waals surface area contributed by atoms with Gasteiger partial charge in [-0.3, -0.25) is 14.4 Å². The Labute approximate surface area is 181 Å². The van der Waals surface area contributed by atoms with E-state index in [0.717, 1.165) is 22.3 Å². The third kappa shape index (κ3) is 4.37. The van der Waals surface area contributed by atoms with Crippen LogP contribution >= 0.6 is 23.2 Å². The second kappa shape index (κ2) is 8.50. The van der Waals surface area contributed by atoms with Crippen molar-refractivity contribution in [3.63, 3.8) is 0 Å². The summed E-state index contributed by atoms with van der Waals surface area (Å²) < 4.78 is 0. The molecule has 154 valence electrons. The number of likely N-dealkylation sites (tertiary alicyclic amines) is 1. The molecule has 1 saturated carbocycles. The van der Waals surface area contributed by atoms with E-state index < -0.39 is 10.8 Å². The first-order chi connectivity index (χ1) is 13.7. The molecule has 1 aliphatic heterocycles. The highest BCUT2D eigenvalue weighted by molar-refractivity contribution is 6.53. The predicted octanol–water partition coefficient (Wildman–Crippen LogP) is 4.10. The SMILES string of the molecule is CC#Cc1cc(C)c(C2C(=O)CC3(CCN(C(=O)C(Cl)Cl)CC3)CC2=O)c(C)c1. The molecule has 0 atom stereocenters. The van der Waals surface area contributed by atoms with Crippen molar-refractivity contribution in [1.29, 1.82) is 0 Å². The van der Waals surface area contributed by atoms with Crippen LogP contribution in [0.25, 0.3) is 0 Å². The van der Waals surface area contributed by atoms with E-state index in [1.165, 1.54) is 0 Å². The number of rotatable bonds is 2. The van der Waals surface area contributed by atoms with Crippen LogP contribution in [-0.2, 0) is 14.4 Å². The topological polar surface area (TPSA) is 54.5 Å². The minimum Gasteiger partial charge on any atom is -0.340 e. The summed E-state index contributed by atoms with van der Waals surface area (Å²) >= 11 is 11.4. The molecule has 6 heteroatoms. The zero-order valence-corrected chi connectivity index (χ0v) is 18.5. The van der Waals surface area contributed by atoms with Crippen LogP contribution in [0, 0.1) is 31.1 Å². The van der Waals surface area contributed by atoms with Gasteiger partial charge in [0.25, 0.3) is 5.91 Å². The van der Waals surface area contributed by atoms with Gasteiger partial charge in [-0.15, -0.1) is 5.92 Å². The van der Waals surface area contributed by atoms with E-state index in [0.29, 0.717) is 38.8 Å². The molecule has 0 unspecified atom stereocenters. The molecule has 1 aromatic rings. The Balaban J connectivity index is 1.80. The zero-order valence-electron chi connectivity index (χ0n) is 17.0. The van der Waals surface area contributed by atoms with Crippen molar-refractivity contribution >= 4 is 40.7 Å². The van der Waals surface area contributed by atoms with Gasteiger partial charge in [0, 0.05) is 31.5 Å². The molecule has 0 aromatic heterocycles. The van der Waals surface area contributed by atoms with Crippen molar-refractivity contribution in [1.82, 2.24) is 4.90 Å². The predicted molar refractivity (Wildman–Crippen MR) is 114 cm³/mol. The van der Waals surface area contributed by atoms with Gasteiger partial charge in [0.1, 0.15) is 17.5 Å². The average Bonchev–Trinajstić information content (AvgIpc) is 2.63. The quantitative estimate of drug-likeness (QED) is 0.400. The summed E-state index contributed by atoms with van der Waals surface area (Å²) in [6, 6.07) is 3.89. The van der Waals surface area contributed by atoms with Crippen LogP contribution in [0.4, 0.5) is 0 Å². The summed E-state index contributed by atoms with van der Waals surface area (Å²) in [6.45, 7) is 6.61. The van der Waals surface area contributed by atoms with E-state index in [4.69, 9.17) is 23.2 Å². The van der Waals surface area contributed by atoms with Gasteiger partial charge < -0.3 is 4.90 Å². The average molecular weight is 434 g/mol. The molecule has 1 amide bonds. The van der Waals surface area contributed by atoms with Crippen LogP contribution < -0.4 is 0 Å². The van der Waals surface area contributed by atoms with Crippen molar-refractivity contribution in [2.75, 3.05) is 13.1 Å². The summed E-state index contributed by atoms with van der Waals surface area (Å²) in [5, 5.41) is 0. The number of amides is 1. The summed E-state index contributed by atoms with van der Waals surface area (Å²) in [7, 11) is 0. The van der Waals surface area contributed by atoms with Crippen LogP contribution in [0.3, 0.4) is 0 Å². The van der Waals surface area contributed by atoms with Crippen LogP contribution in [0.1, 0.15) is 60.8 Å². The lowest BCUT2D eigenvalue weighted by atomic mass is 9.62. The smallest absolute Gasteiger partial charge is 0.255 e. The molecule has 1 saturated heterocycles. The summed E-state index contributed by atoms with van der Waals surface area (Å²) in [5.74, 6) is 4.88. The molecule has 1 spiro atoms. The van der Waals surface area contributed by atoms with Gasteiger partial charge in [0.05, 0.1) is 0 Å². The molecular formula is C23H25Cl2NO3. The fraction of sp³-hybridized carbons (Fsp3) is 0.522. The molecule has 3 rings (SSSR count). The molecule has 2 aliphatic rings. The maximum Gasteiger partial charge on any atom is 0.255 e. The van der Waals surface area contributed by atoms with E-state index in [9.17, 15) is 14.4 Å². The second-order valence-electron chi connectivity index (χ2n) is 8.24. The number of ketones is 2. The van der Waals surface area contributed by atoms with Gasteiger partial charge in [0.2, 0.25) is 0 Å². The standard InChI is InChI=1S/C23H25Cl2NO3/c1-4-5-16-10-14(2)19(15(3)11-16)20-17(27)12-23(13-18(20)28)6-8-26(9-7-23)22(29)21(24)25/h10-11,20-21H,6-9,12-13H2,1-3H3. The molecular weight excluding hydrogens is 409 g/mol. The first-order valence-electron chi connectivity index (χ1n) is 9.84. The van der Waals surface area contributed by atoms with E-state index in [1.54, 1.807) is 11.8 Å². The normalized spacial score (nSPS) is 19.4. The molecule has 0 radical (unpaired) electrons. The third-order valence-electron chi connectivity index (χ3n) is 6.22. The molecule has 29 heavy (non-hydrogen) atoms. The molecule has 4 nitrogen and oxygen atoms in total. The van der Waals surface area contributed by atoms with Crippen molar-refractivity contribution in [2.24, 2.45) is 5.41 Å². The van der Waals surface area contributed by atoms with Gasteiger partial charge in [-0.05, 0) is 67.9 Å². The molecule has 0 bridgehead atoms. The highest BCUT2D eigenvalue weighted by Crippen LogP contribution is 2.46. The van der Waals surface area contributed by atoms with E-state index in [2.05, 4.69) is 11.8 Å². The van der Waals surface area contributed by atoms with Crippen molar-refractivity contribution in [2.45, 2.75) is 57.2 Å². The summed E-state index contributed by atoms with van der Waals surface area (Å²) in [6.07, 6.45) is 1.97. The van der Waals surface area contributed by atoms with Crippen LogP contribution in [0.5, 0.6) is 0 Å². The highest BCUT2D eigenvalue weighted by atomic mass is 35.5. The number of piperidine rings is 1. The van der Waals surface area contributed by atoms with Crippen molar-refractivity contribution < 1.29 is 14.4 Å². The van der Waals surface area contributed by atoms with Gasteiger partial charge in [-0.25, -0.2) is 0 Å². The monoisotopic (exact) mass is 433 g/mol. The number of hydrogen-bond acceptors (Lipinski definition) is 3. The number of carbonyl (C=O) groups is 3.